The minimum atomic E-state index is -0.706. The molecule has 0 heterocycles. The second kappa shape index (κ2) is 5.01. The number of anilines is 1. The minimum Gasteiger partial charge on any atom is -0.325 e. The predicted octanol–water partition coefficient (Wildman–Crippen LogP) is 3.09. The van der Waals surface area contributed by atoms with Crippen molar-refractivity contribution in [2.75, 3.05) is 5.32 Å². The summed E-state index contributed by atoms with van der Waals surface area (Å²) >= 11 is 11.5. The van der Waals surface area contributed by atoms with Crippen molar-refractivity contribution in [3.05, 3.63) is 28.2 Å². The van der Waals surface area contributed by atoms with Crippen LogP contribution in [-0.4, -0.2) is 5.91 Å². The van der Waals surface area contributed by atoms with Crippen molar-refractivity contribution in [3.8, 4) is 6.07 Å². The van der Waals surface area contributed by atoms with E-state index in [0.717, 1.165) is 0 Å². The lowest BCUT2D eigenvalue weighted by Gasteiger charge is -2.06. The molecule has 0 saturated heterocycles. The summed E-state index contributed by atoms with van der Waals surface area (Å²) in [5.41, 5.74) is 0.486. The number of amides is 1. The highest BCUT2D eigenvalue weighted by Crippen LogP contribution is 2.22. The molecule has 0 aliphatic heterocycles. The van der Waals surface area contributed by atoms with Gasteiger partial charge < -0.3 is 5.32 Å². The molecular weight excluding hydrogens is 235 g/mol. The van der Waals surface area contributed by atoms with Gasteiger partial charge in [0.25, 0.3) is 0 Å². The molecule has 1 aromatic carbocycles. The smallest absolute Gasteiger partial charge is 0.241 e. The molecule has 3 nitrogen and oxygen atoms in total. The Morgan fingerprint density at radius 1 is 1.40 bits per heavy atom. The monoisotopic (exact) mass is 242 g/mol. The van der Waals surface area contributed by atoms with Crippen LogP contribution in [0.4, 0.5) is 5.69 Å². The maximum absolute atomic E-state index is 11.3. The molecule has 78 valence electrons. The van der Waals surface area contributed by atoms with E-state index in [1.54, 1.807) is 18.2 Å². The molecular formula is C10H8Cl2N2O. The first-order valence-electron chi connectivity index (χ1n) is 4.19. The lowest BCUT2D eigenvalue weighted by molar-refractivity contribution is -0.117. The summed E-state index contributed by atoms with van der Waals surface area (Å²) in [6.07, 6.45) is 0. The van der Waals surface area contributed by atoms with Crippen LogP contribution in [-0.2, 0) is 4.79 Å². The average Bonchev–Trinajstić information content (AvgIpc) is 2.14. The molecule has 0 aromatic heterocycles. The van der Waals surface area contributed by atoms with Crippen LogP contribution in [0.15, 0.2) is 18.2 Å². The summed E-state index contributed by atoms with van der Waals surface area (Å²) in [5.74, 6) is -1.08. The Balaban J connectivity index is 2.82. The number of benzene rings is 1. The van der Waals surface area contributed by atoms with Crippen LogP contribution in [0.2, 0.25) is 10.0 Å². The lowest BCUT2D eigenvalue weighted by atomic mass is 10.2. The van der Waals surface area contributed by atoms with Crippen LogP contribution in [0.3, 0.4) is 0 Å². The summed E-state index contributed by atoms with van der Waals surface area (Å²) in [5, 5.41) is 11.9. The van der Waals surface area contributed by atoms with Gasteiger partial charge in [-0.3, -0.25) is 4.79 Å². The molecule has 0 bridgehead atoms. The highest BCUT2D eigenvalue weighted by atomic mass is 35.5. The van der Waals surface area contributed by atoms with E-state index in [-0.39, 0.29) is 5.91 Å². The maximum atomic E-state index is 11.3. The molecule has 0 radical (unpaired) electrons. The fraction of sp³-hybridized carbons (Fsp3) is 0.200. The molecule has 1 amide bonds. The van der Waals surface area contributed by atoms with Crippen LogP contribution < -0.4 is 5.32 Å². The third kappa shape index (κ3) is 3.43. The SMILES string of the molecule is CC(C#N)C(=O)Nc1cc(Cl)cc(Cl)c1. The van der Waals surface area contributed by atoms with Crippen molar-refractivity contribution in [1.29, 1.82) is 5.26 Å². The Labute approximate surface area is 97.6 Å². The van der Waals surface area contributed by atoms with Gasteiger partial charge in [0.2, 0.25) is 5.91 Å². The van der Waals surface area contributed by atoms with E-state index >= 15 is 0 Å². The Kier molecular flexibility index (Phi) is 3.96. The lowest BCUT2D eigenvalue weighted by Crippen LogP contribution is -2.18. The number of rotatable bonds is 2. The summed E-state index contributed by atoms with van der Waals surface area (Å²) in [6, 6.07) is 6.53. The number of nitrogens with one attached hydrogen (secondary N) is 1. The third-order valence-electron chi connectivity index (χ3n) is 1.72. The molecule has 1 rings (SSSR count). The molecule has 0 saturated carbocycles. The zero-order valence-corrected chi connectivity index (χ0v) is 9.43. The van der Waals surface area contributed by atoms with Crippen LogP contribution in [0.25, 0.3) is 0 Å². The van der Waals surface area contributed by atoms with E-state index in [4.69, 9.17) is 28.5 Å². The van der Waals surface area contributed by atoms with Crippen molar-refractivity contribution >= 4 is 34.8 Å². The molecule has 0 aliphatic rings. The predicted molar refractivity (Wildman–Crippen MR) is 59.9 cm³/mol. The third-order valence-corrected chi connectivity index (χ3v) is 2.15. The van der Waals surface area contributed by atoms with Gasteiger partial charge in [0.1, 0.15) is 5.92 Å². The van der Waals surface area contributed by atoms with Gasteiger partial charge in [-0.2, -0.15) is 5.26 Å². The molecule has 0 spiro atoms. The highest BCUT2D eigenvalue weighted by Gasteiger charge is 2.11. The first-order chi connectivity index (χ1) is 7.02. The second-order valence-electron chi connectivity index (χ2n) is 3.00. The fourth-order valence-corrected chi connectivity index (χ4v) is 1.46. The van der Waals surface area contributed by atoms with E-state index in [9.17, 15) is 4.79 Å². The van der Waals surface area contributed by atoms with Crippen LogP contribution >= 0.6 is 23.2 Å². The summed E-state index contributed by atoms with van der Waals surface area (Å²) in [6.45, 7) is 1.52. The molecule has 1 unspecified atom stereocenters. The van der Waals surface area contributed by atoms with Gasteiger partial charge in [0.05, 0.1) is 6.07 Å². The largest absolute Gasteiger partial charge is 0.325 e. The molecule has 5 heteroatoms. The van der Waals surface area contributed by atoms with Gasteiger partial charge in [0.15, 0.2) is 0 Å². The summed E-state index contributed by atoms with van der Waals surface area (Å²) in [7, 11) is 0. The normalized spacial score (nSPS) is 11.6. The minimum absolute atomic E-state index is 0.379. The van der Waals surface area contributed by atoms with Crippen LogP contribution in [0.5, 0.6) is 0 Å². The van der Waals surface area contributed by atoms with Crippen LogP contribution in [0.1, 0.15) is 6.92 Å². The number of carbonyl (C=O) groups is 1. The van der Waals surface area contributed by atoms with Crippen molar-refractivity contribution < 1.29 is 4.79 Å². The Hall–Kier alpha value is -1.24. The van der Waals surface area contributed by atoms with Crippen molar-refractivity contribution in [3.63, 3.8) is 0 Å². The van der Waals surface area contributed by atoms with E-state index in [0.29, 0.717) is 15.7 Å². The quantitative estimate of drug-likeness (QED) is 0.867. The molecule has 1 atom stereocenters. The Morgan fingerprint density at radius 2 is 1.93 bits per heavy atom. The van der Waals surface area contributed by atoms with Gasteiger partial charge in [-0.1, -0.05) is 23.2 Å². The molecule has 1 aromatic rings. The van der Waals surface area contributed by atoms with Gasteiger partial charge in [-0.05, 0) is 25.1 Å². The van der Waals surface area contributed by atoms with E-state index in [2.05, 4.69) is 5.32 Å². The zero-order chi connectivity index (χ0) is 11.4. The Morgan fingerprint density at radius 3 is 2.40 bits per heavy atom. The van der Waals surface area contributed by atoms with Gasteiger partial charge in [0, 0.05) is 15.7 Å². The Bertz CT molecular complexity index is 406. The van der Waals surface area contributed by atoms with Crippen LogP contribution in [0, 0.1) is 17.2 Å². The number of halogens is 2. The summed E-state index contributed by atoms with van der Waals surface area (Å²) in [4.78, 5) is 11.3. The number of hydrogen-bond donors (Lipinski definition) is 1. The molecule has 1 N–H and O–H groups in total. The first kappa shape index (κ1) is 11.8. The average molecular weight is 243 g/mol. The van der Waals surface area contributed by atoms with Gasteiger partial charge >= 0.3 is 0 Å². The standard InChI is InChI=1S/C10H8Cl2N2O/c1-6(5-13)10(15)14-9-3-7(11)2-8(12)4-9/h2-4,6H,1H3,(H,14,15). The maximum Gasteiger partial charge on any atom is 0.241 e. The van der Waals surface area contributed by atoms with Crippen molar-refractivity contribution in [1.82, 2.24) is 0 Å². The molecule has 0 fully saturated rings. The molecule has 15 heavy (non-hydrogen) atoms. The van der Waals surface area contributed by atoms with E-state index in [1.165, 1.54) is 6.92 Å². The second-order valence-corrected chi connectivity index (χ2v) is 3.87. The van der Waals surface area contributed by atoms with E-state index < -0.39 is 5.92 Å². The highest BCUT2D eigenvalue weighted by molar-refractivity contribution is 6.35. The fourth-order valence-electron chi connectivity index (χ4n) is 0.935. The number of nitriles is 1. The van der Waals surface area contributed by atoms with Gasteiger partial charge in [-0.25, -0.2) is 0 Å². The van der Waals surface area contributed by atoms with Crippen molar-refractivity contribution in [2.45, 2.75) is 6.92 Å². The first-order valence-corrected chi connectivity index (χ1v) is 4.95. The van der Waals surface area contributed by atoms with E-state index in [1.807, 2.05) is 6.07 Å². The number of nitrogens with zero attached hydrogens (tertiary/aromatic N) is 1. The number of hydrogen-bond acceptors (Lipinski definition) is 2. The summed E-state index contributed by atoms with van der Waals surface area (Å²) < 4.78 is 0. The number of carbonyl (C=O) groups excluding carboxylic acids is 1. The zero-order valence-electron chi connectivity index (χ0n) is 7.92. The van der Waals surface area contributed by atoms with Crippen molar-refractivity contribution in [2.24, 2.45) is 5.92 Å². The van der Waals surface area contributed by atoms with Gasteiger partial charge in [-0.15, -0.1) is 0 Å². The topological polar surface area (TPSA) is 52.9 Å². The molecule has 0 aliphatic carbocycles.